The van der Waals surface area contributed by atoms with Gasteiger partial charge in [0, 0.05) is 35.1 Å². The van der Waals surface area contributed by atoms with E-state index in [-0.39, 0.29) is 11.7 Å². The third kappa shape index (κ3) is 4.06. The van der Waals surface area contributed by atoms with E-state index in [2.05, 4.69) is 20.4 Å². The van der Waals surface area contributed by atoms with Crippen LogP contribution in [0.25, 0.3) is 11.4 Å². The van der Waals surface area contributed by atoms with Crippen molar-refractivity contribution in [2.24, 2.45) is 10.7 Å². The Labute approximate surface area is 177 Å². The summed E-state index contributed by atoms with van der Waals surface area (Å²) in [6.45, 7) is 3.56. The van der Waals surface area contributed by atoms with Gasteiger partial charge in [-0.15, -0.1) is 0 Å². The van der Waals surface area contributed by atoms with Crippen molar-refractivity contribution in [1.29, 1.82) is 0 Å². The smallest absolute Gasteiger partial charge is 0.255 e. The van der Waals surface area contributed by atoms with Crippen molar-refractivity contribution in [1.82, 2.24) is 10.1 Å². The first-order valence-electron chi connectivity index (χ1n) is 9.34. The predicted molar refractivity (Wildman–Crippen MR) is 115 cm³/mol. The number of nitrogens with zero attached hydrogens (tertiary/aromatic N) is 3. The maximum absolute atomic E-state index is 14.5. The van der Waals surface area contributed by atoms with Crippen LogP contribution in [0.1, 0.15) is 35.2 Å². The van der Waals surface area contributed by atoms with E-state index in [1.54, 1.807) is 37.3 Å². The third-order valence-corrected chi connectivity index (χ3v) is 5.73. The maximum Gasteiger partial charge on any atom is 0.255 e. The summed E-state index contributed by atoms with van der Waals surface area (Å²) in [5.74, 6) is 1.000. The molecule has 1 atom stereocenters. The van der Waals surface area contributed by atoms with E-state index in [0.717, 1.165) is 11.3 Å². The third-order valence-electron chi connectivity index (χ3n) is 4.93. The Hall–Kier alpha value is -3.20. The standard InChI is InChI=1S/C21H20FN5O2S/c1-12-24-18(27-29-12)13-3-5-14(6-4-13)19(28)25-15-7-8-17(22)16(11-15)21(2)9-10-30-20(23)26-21/h3-8,11H,9-10H2,1-2H3,(H2,23,26)(H,25,28)/t21-/m0/s1. The number of nitrogens with two attached hydrogens (primary N) is 1. The first kappa shape index (κ1) is 20.1. The van der Waals surface area contributed by atoms with E-state index in [4.69, 9.17) is 10.3 Å². The van der Waals surface area contributed by atoms with Gasteiger partial charge >= 0.3 is 0 Å². The highest BCUT2D eigenvalue weighted by molar-refractivity contribution is 8.13. The molecule has 0 fully saturated rings. The van der Waals surface area contributed by atoms with Crippen molar-refractivity contribution in [3.05, 3.63) is 65.3 Å². The molecule has 2 heterocycles. The Bertz CT molecular complexity index is 1130. The number of aryl methyl sites for hydroxylation is 1. The lowest BCUT2D eigenvalue weighted by Gasteiger charge is -2.30. The second-order valence-electron chi connectivity index (χ2n) is 7.19. The molecule has 3 N–H and O–H groups in total. The van der Waals surface area contributed by atoms with Crippen molar-refractivity contribution in [2.45, 2.75) is 25.8 Å². The van der Waals surface area contributed by atoms with Gasteiger partial charge in [-0.25, -0.2) is 4.39 Å². The maximum atomic E-state index is 14.5. The van der Waals surface area contributed by atoms with Crippen LogP contribution in [-0.4, -0.2) is 27.0 Å². The van der Waals surface area contributed by atoms with Gasteiger partial charge in [-0.3, -0.25) is 9.79 Å². The summed E-state index contributed by atoms with van der Waals surface area (Å²) in [6.07, 6.45) is 0.656. The summed E-state index contributed by atoms with van der Waals surface area (Å²) < 4.78 is 19.5. The summed E-state index contributed by atoms with van der Waals surface area (Å²) in [7, 11) is 0. The molecule has 0 bridgehead atoms. The molecule has 1 aliphatic heterocycles. The van der Waals surface area contributed by atoms with Crippen LogP contribution in [0, 0.1) is 12.7 Å². The monoisotopic (exact) mass is 425 g/mol. The van der Waals surface area contributed by atoms with Gasteiger partial charge in [0.25, 0.3) is 5.91 Å². The van der Waals surface area contributed by atoms with E-state index in [9.17, 15) is 9.18 Å². The zero-order valence-electron chi connectivity index (χ0n) is 16.5. The number of carbonyl (C=O) groups is 1. The summed E-state index contributed by atoms with van der Waals surface area (Å²) in [6, 6.07) is 11.3. The minimum atomic E-state index is -0.759. The number of rotatable bonds is 4. The summed E-state index contributed by atoms with van der Waals surface area (Å²) in [5.41, 5.74) is 7.18. The van der Waals surface area contributed by atoms with Gasteiger partial charge in [0.2, 0.25) is 11.7 Å². The molecule has 0 radical (unpaired) electrons. The lowest BCUT2D eigenvalue weighted by molar-refractivity contribution is 0.102. The van der Waals surface area contributed by atoms with Crippen LogP contribution in [0.3, 0.4) is 0 Å². The second kappa shape index (κ2) is 7.91. The lowest BCUT2D eigenvalue weighted by atomic mass is 9.89. The van der Waals surface area contributed by atoms with Gasteiger partial charge in [-0.1, -0.05) is 29.1 Å². The zero-order chi connectivity index (χ0) is 21.3. The topological polar surface area (TPSA) is 106 Å². The molecule has 3 aromatic rings. The SMILES string of the molecule is Cc1nc(-c2ccc(C(=O)Nc3ccc(F)c([C@]4(C)CCSC(N)=N4)c3)cc2)no1. The van der Waals surface area contributed by atoms with E-state index in [1.165, 1.54) is 23.9 Å². The van der Waals surface area contributed by atoms with Crippen molar-refractivity contribution < 1.29 is 13.7 Å². The van der Waals surface area contributed by atoms with E-state index in [0.29, 0.717) is 40.1 Å². The van der Waals surface area contributed by atoms with Gasteiger partial charge in [0.15, 0.2) is 5.17 Å². The number of halogens is 1. The summed E-state index contributed by atoms with van der Waals surface area (Å²) in [4.78, 5) is 21.3. The molecular weight excluding hydrogens is 405 g/mol. The van der Waals surface area contributed by atoms with Gasteiger partial charge in [0.05, 0.1) is 5.54 Å². The molecule has 0 unspecified atom stereocenters. The molecule has 1 aliphatic rings. The summed E-state index contributed by atoms with van der Waals surface area (Å²) in [5, 5.41) is 7.11. The molecule has 0 aliphatic carbocycles. The molecule has 0 saturated carbocycles. The van der Waals surface area contributed by atoms with Crippen molar-refractivity contribution >= 4 is 28.5 Å². The van der Waals surface area contributed by atoms with E-state index in [1.807, 2.05) is 6.92 Å². The Morgan fingerprint density at radius 3 is 2.70 bits per heavy atom. The Morgan fingerprint density at radius 2 is 2.03 bits per heavy atom. The van der Waals surface area contributed by atoms with Gasteiger partial charge in [0.1, 0.15) is 5.82 Å². The molecule has 154 valence electrons. The molecule has 7 nitrogen and oxygen atoms in total. The average molecular weight is 425 g/mol. The summed E-state index contributed by atoms with van der Waals surface area (Å²) >= 11 is 1.45. The zero-order valence-corrected chi connectivity index (χ0v) is 17.3. The largest absolute Gasteiger partial charge is 0.379 e. The first-order chi connectivity index (χ1) is 14.3. The number of nitrogens with one attached hydrogen (secondary N) is 1. The number of thioether (sulfide) groups is 1. The minimum Gasteiger partial charge on any atom is -0.379 e. The van der Waals surface area contributed by atoms with Crippen LogP contribution in [0.4, 0.5) is 10.1 Å². The van der Waals surface area contributed by atoms with Crippen LogP contribution < -0.4 is 11.1 Å². The van der Waals surface area contributed by atoms with Crippen LogP contribution in [-0.2, 0) is 5.54 Å². The van der Waals surface area contributed by atoms with Gasteiger partial charge < -0.3 is 15.6 Å². The van der Waals surface area contributed by atoms with Crippen LogP contribution in [0.15, 0.2) is 52.0 Å². The Kier molecular flexibility index (Phi) is 5.29. The number of hydrogen-bond donors (Lipinski definition) is 2. The molecule has 30 heavy (non-hydrogen) atoms. The Balaban J connectivity index is 1.54. The van der Waals surface area contributed by atoms with Gasteiger partial charge in [-0.05, 0) is 43.7 Å². The average Bonchev–Trinajstić information content (AvgIpc) is 3.15. The van der Waals surface area contributed by atoms with Crippen molar-refractivity contribution in [3.63, 3.8) is 0 Å². The fourth-order valence-electron chi connectivity index (χ4n) is 3.29. The highest BCUT2D eigenvalue weighted by Gasteiger charge is 2.32. The second-order valence-corrected chi connectivity index (χ2v) is 8.30. The number of hydrogen-bond acceptors (Lipinski definition) is 7. The quantitative estimate of drug-likeness (QED) is 0.652. The van der Waals surface area contributed by atoms with Gasteiger partial charge in [-0.2, -0.15) is 4.98 Å². The number of aromatic nitrogens is 2. The highest BCUT2D eigenvalue weighted by Crippen LogP contribution is 2.37. The molecule has 9 heteroatoms. The van der Waals surface area contributed by atoms with E-state index >= 15 is 0 Å². The lowest BCUT2D eigenvalue weighted by Crippen LogP contribution is -2.29. The fraction of sp³-hybridized carbons (Fsp3) is 0.238. The number of carbonyl (C=O) groups excluding carboxylic acids is 1. The normalized spacial score (nSPS) is 18.7. The van der Waals surface area contributed by atoms with Crippen LogP contribution in [0.5, 0.6) is 0 Å². The molecule has 0 saturated heterocycles. The minimum absolute atomic E-state index is 0.309. The first-order valence-corrected chi connectivity index (χ1v) is 10.3. The molecular formula is C21H20FN5O2S. The number of amides is 1. The molecule has 0 spiro atoms. The Morgan fingerprint density at radius 1 is 1.27 bits per heavy atom. The fourth-order valence-corrected chi connectivity index (χ4v) is 4.26. The van der Waals surface area contributed by atoms with E-state index < -0.39 is 5.54 Å². The highest BCUT2D eigenvalue weighted by atomic mass is 32.2. The van der Waals surface area contributed by atoms with Crippen LogP contribution >= 0.6 is 11.8 Å². The molecule has 1 aromatic heterocycles. The molecule has 2 aromatic carbocycles. The van der Waals surface area contributed by atoms with Crippen molar-refractivity contribution in [3.8, 4) is 11.4 Å². The van der Waals surface area contributed by atoms with Crippen LogP contribution in [0.2, 0.25) is 0 Å². The molecule has 1 amide bonds. The number of benzene rings is 2. The van der Waals surface area contributed by atoms with Crippen molar-refractivity contribution in [2.75, 3.05) is 11.1 Å². The number of anilines is 1. The number of aliphatic imine (C=N–C) groups is 1. The predicted octanol–water partition coefficient (Wildman–Crippen LogP) is 4.10. The molecule has 4 rings (SSSR count). The number of amidine groups is 1.